The van der Waals surface area contributed by atoms with Crippen LogP contribution < -0.4 is 11.1 Å². The van der Waals surface area contributed by atoms with Crippen LogP contribution in [-0.4, -0.2) is 11.9 Å². The summed E-state index contributed by atoms with van der Waals surface area (Å²) in [6.07, 6.45) is 5.35. The van der Waals surface area contributed by atoms with Crippen LogP contribution in [-0.2, 0) is 4.79 Å². The van der Waals surface area contributed by atoms with Crippen molar-refractivity contribution in [2.75, 3.05) is 0 Å². The minimum Gasteiger partial charge on any atom is -0.369 e. The lowest BCUT2D eigenvalue weighted by Gasteiger charge is -2.27. The Labute approximate surface area is 125 Å². The molecule has 110 valence electrons. The summed E-state index contributed by atoms with van der Waals surface area (Å²) in [5.41, 5.74) is 6.71. The first-order valence-corrected chi connectivity index (χ1v) is 7.76. The SMILES string of the molecule is C[C@H](N[C@H]1CCCCC[C@H]1C(N)=O)c1cccc(Cl)c1. The van der Waals surface area contributed by atoms with E-state index in [-0.39, 0.29) is 23.9 Å². The number of nitrogens with one attached hydrogen (secondary N) is 1. The third-order valence-electron chi connectivity index (χ3n) is 4.19. The predicted molar refractivity (Wildman–Crippen MR) is 82.6 cm³/mol. The molecule has 2 rings (SSSR count). The van der Waals surface area contributed by atoms with Crippen LogP contribution in [0.3, 0.4) is 0 Å². The maximum atomic E-state index is 11.7. The van der Waals surface area contributed by atoms with E-state index in [9.17, 15) is 4.79 Å². The van der Waals surface area contributed by atoms with Crippen molar-refractivity contribution in [2.45, 2.75) is 51.1 Å². The van der Waals surface area contributed by atoms with E-state index in [0.29, 0.717) is 0 Å². The highest BCUT2D eigenvalue weighted by molar-refractivity contribution is 6.30. The number of amides is 1. The Bertz CT molecular complexity index is 464. The summed E-state index contributed by atoms with van der Waals surface area (Å²) in [4.78, 5) is 11.7. The van der Waals surface area contributed by atoms with E-state index < -0.39 is 0 Å². The summed E-state index contributed by atoms with van der Waals surface area (Å²) in [5.74, 6) is -0.234. The summed E-state index contributed by atoms with van der Waals surface area (Å²) in [6, 6.07) is 8.18. The molecular weight excluding hydrogens is 272 g/mol. The Morgan fingerprint density at radius 1 is 1.35 bits per heavy atom. The van der Waals surface area contributed by atoms with Gasteiger partial charge in [0.1, 0.15) is 0 Å². The van der Waals surface area contributed by atoms with E-state index in [1.54, 1.807) is 0 Å². The Kier molecular flexibility index (Phi) is 5.44. The number of hydrogen-bond acceptors (Lipinski definition) is 2. The van der Waals surface area contributed by atoms with Gasteiger partial charge in [-0.3, -0.25) is 4.79 Å². The lowest BCUT2D eigenvalue weighted by atomic mass is 9.92. The molecule has 0 saturated heterocycles. The fraction of sp³-hybridized carbons (Fsp3) is 0.562. The Morgan fingerprint density at radius 2 is 2.10 bits per heavy atom. The zero-order valence-electron chi connectivity index (χ0n) is 11.9. The van der Waals surface area contributed by atoms with Gasteiger partial charge in [-0.05, 0) is 37.5 Å². The summed E-state index contributed by atoms with van der Waals surface area (Å²) in [6.45, 7) is 2.11. The van der Waals surface area contributed by atoms with Crippen LogP contribution in [0.1, 0.15) is 50.6 Å². The number of nitrogens with two attached hydrogens (primary N) is 1. The molecule has 3 N–H and O–H groups in total. The molecule has 1 fully saturated rings. The van der Waals surface area contributed by atoms with Gasteiger partial charge in [0, 0.05) is 17.1 Å². The summed E-state index contributed by atoms with van der Waals surface area (Å²) < 4.78 is 0. The minimum absolute atomic E-state index is 0.0564. The second-order valence-corrected chi connectivity index (χ2v) is 6.13. The molecule has 1 amide bonds. The highest BCUT2D eigenvalue weighted by Crippen LogP contribution is 2.26. The summed E-state index contributed by atoms with van der Waals surface area (Å²) in [5, 5.41) is 4.31. The van der Waals surface area contributed by atoms with Gasteiger partial charge in [-0.2, -0.15) is 0 Å². The van der Waals surface area contributed by atoms with Crippen molar-refractivity contribution in [3.05, 3.63) is 34.9 Å². The van der Waals surface area contributed by atoms with Crippen LogP contribution in [0.25, 0.3) is 0 Å². The smallest absolute Gasteiger partial charge is 0.222 e. The van der Waals surface area contributed by atoms with Gasteiger partial charge in [0.2, 0.25) is 5.91 Å². The number of halogens is 1. The number of carbonyl (C=O) groups excluding carboxylic acids is 1. The van der Waals surface area contributed by atoms with E-state index in [1.165, 1.54) is 6.42 Å². The maximum absolute atomic E-state index is 11.7. The second kappa shape index (κ2) is 7.09. The van der Waals surface area contributed by atoms with Gasteiger partial charge in [0.15, 0.2) is 0 Å². The summed E-state index contributed by atoms with van der Waals surface area (Å²) >= 11 is 6.04. The molecule has 0 radical (unpaired) electrons. The molecule has 20 heavy (non-hydrogen) atoms. The third-order valence-corrected chi connectivity index (χ3v) is 4.43. The molecule has 4 heteroatoms. The van der Waals surface area contributed by atoms with Crippen LogP contribution in [0.15, 0.2) is 24.3 Å². The molecule has 0 aromatic heterocycles. The first kappa shape index (κ1) is 15.3. The fourth-order valence-electron chi connectivity index (χ4n) is 3.04. The standard InChI is InChI=1S/C16H23ClN2O/c1-11(12-6-5-7-13(17)10-12)19-15-9-4-2-3-8-14(15)16(18)20/h5-7,10-11,14-15,19H,2-4,8-9H2,1H3,(H2,18,20)/t11-,14+,15-/m0/s1. The van der Waals surface area contributed by atoms with Crippen molar-refractivity contribution in [3.8, 4) is 0 Å². The van der Waals surface area contributed by atoms with E-state index >= 15 is 0 Å². The number of primary amides is 1. The number of rotatable bonds is 4. The van der Waals surface area contributed by atoms with Crippen molar-refractivity contribution in [2.24, 2.45) is 11.7 Å². The summed E-state index contributed by atoms with van der Waals surface area (Å²) in [7, 11) is 0. The Hall–Kier alpha value is -1.06. The van der Waals surface area contributed by atoms with Crippen molar-refractivity contribution >= 4 is 17.5 Å². The predicted octanol–water partition coefficient (Wildman–Crippen LogP) is 3.42. The van der Waals surface area contributed by atoms with Crippen LogP contribution in [0, 0.1) is 5.92 Å². The van der Waals surface area contributed by atoms with E-state index in [0.717, 1.165) is 36.3 Å². The lowest BCUT2D eigenvalue weighted by Crippen LogP contribution is -2.43. The van der Waals surface area contributed by atoms with Gasteiger partial charge in [-0.25, -0.2) is 0 Å². The van der Waals surface area contributed by atoms with E-state index in [1.807, 2.05) is 18.2 Å². The van der Waals surface area contributed by atoms with Crippen molar-refractivity contribution in [3.63, 3.8) is 0 Å². The minimum atomic E-state index is -0.178. The zero-order chi connectivity index (χ0) is 14.5. The second-order valence-electron chi connectivity index (χ2n) is 5.70. The molecular formula is C16H23ClN2O. The van der Waals surface area contributed by atoms with Gasteiger partial charge >= 0.3 is 0 Å². The van der Waals surface area contributed by atoms with Crippen LogP contribution in [0.2, 0.25) is 5.02 Å². The van der Waals surface area contributed by atoms with Gasteiger partial charge < -0.3 is 11.1 Å². The Morgan fingerprint density at radius 3 is 2.80 bits per heavy atom. The molecule has 0 unspecified atom stereocenters. The highest BCUT2D eigenvalue weighted by Gasteiger charge is 2.29. The van der Waals surface area contributed by atoms with Gasteiger partial charge in [-0.15, -0.1) is 0 Å². The Balaban J connectivity index is 2.07. The molecule has 0 spiro atoms. The van der Waals surface area contributed by atoms with Crippen LogP contribution in [0.5, 0.6) is 0 Å². The number of benzene rings is 1. The van der Waals surface area contributed by atoms with Crippen molar-refractivity contribution in [1.82, 2.24) is 5.32 Å². The molecule has 1 aromatic carbocycles. The fourth-order valence-corrected chi connectivity index (χ4v) is 3.24. The number of hydrogen-bond donors (Lipinski definition) is 2. The molecule has 0 bridgehead atoms. The van der Waals surface area contributed by atoms with Crippen LogP contribution >= 0.6 is 11.6 Å². The third kappa shape index (κ3) is 3.97. The average Bonchev–Trinajstić information content (AvgIpc) is 2.64. The first-order chi connectivity index (χ1) is 9.58. The molecule has 0 aliphatic heterocycles. The molecule has 1 saturated carbocycles. The molecule has 1 aliphatic rings. The van der Waals surface area contributed by atoms with Crippen molar-refractivity contribution in [1.29, 1.82) is 0 Å². The zero-order valence-corrected chi connectivity index (χ0v) is 12.7. The van der Waals surface area contributed by atoms with Crippen LogP contribution in [0.4, 0.5) is 0 Å². The maximum Gasteiger partial charge on any atom is 0.222 e. The van der Waals surface area contributed by atoms with E-state index in [2.05, 4.69) is 18.3 Å². The highest BCUT2D eigenvalue weighted by atomic mass is 35.5. The first-order valence-electron chi connectivity index (χ1n) is 7.39. The number of carbonyl (C=O) groups is 1. The molecule has 1 aromatic rings. The molecule has 3 nitrogen and oxygen atoms in total. The van der Waals surface area contributed by atoms with Gasteiger partial charge in [0.25, 0.3) is 0 Å². The van der Waals surface area contributed by atoms with Gasteiger partial charge in [0.05, 0.1) is 5.92 Å². The quantitative estimate of drug-likeness (QED) is 0.836. The van der Waals surface area contributed by atoms with Gasteiger partial charge in [-0.1, -0.05) is 43.0 Å². The monoisotopic (exact) mass is 294 g/mol. The average molecular weight is 295 g/mol. The molecule has 0 heterocycles. The van der Waals surface area contributed by atoms with E-state index in [4.69, 9.17) is 17.3 Å². The molecule has 3 atom stereocenters. The normalized spacial score (nSPS) is 24.9. The largest absolute Gasteiger partial charge is 0.369 e. The van der Waals surface area contributed by atoms with Crippen molar-refractivity contribution < 1.29 is 4.79 Å². The molecule has 1 aliphatic carbocycles. The topological polar surface area (TPSA) is 55.1 Å². The lowest BCUT2D eigenvalue weighted by molar-refractivity contribution is -0.122.